The molecule has 3 saturated heterocycles. The number of likely N-dealkylation sites (tertiary alicyclic amines) is 1. The van der Waals surface area contributed by atoms with Crippen LogP contribution in [0, 0.1) is 17.8 Å². The highest BCUT2D eigenvalue weighted by molar-refractivity contribution is 6.34. The zero-order chi connectivity index (χ0) is 27.1. The third-order valence-corrected chi connectivity index (χ3v) is 8.59. The molecular formula is C28H35ClN2O6. The van der Waals surface area contributed by atoms with Crippen LogP contribution in [0.1, 0.15) is 33.6 Å². The van der Waals surface area contributed by atoms with Crippen molar-refractivity contribution >= 4 is 35.1 Å². The molecule has 8 nitrogen and oxygen atoms in total. The van der Waals surface area contributed by atoms with Gasteiger partial charge in [-0.15, -0.1) is 13.2 Å². The number of nitrogens with zero attached hydrogens (tertiary/aromatic N) is 2. The molecule has 3 aliphatic rings. The second-order valence-electron chi connectivity index (χ2n) is 10.4. The van der Waals surface area contributed by atoms with E-state index in [-0.39, 0.29) is 31.6 Å². The number of hydrogen-bond acceptors (Lipinski definition) is 6. The van der Waals surface area contributed by atoms with Gasteiger partial charge in [0.15, 0.2) is 0 Å². The summed E-state index contributed by atoms with van der Waals surface area (Å²) in [7, 11) is 0. The zero-order valence-electron chi connectivity index (χ0n) is 21.6. The molecule has 1 aromatic carbocycles. The molecule has 3 fully saturated rings. The molecule has 0 saturated carbocycles. The first-order chi connectivity index (χ1) is 17.6. The smallest absolute Gasteiger partial charge is 0.312 e. The monoisotopic (exact) mass is 530 g/mol. The summed E-state index contributed by atoms with van der Waals surface area (Å²) in [4.78, 5) is 44.8. The molecule has 1 spiro atoms. The molecule has 3 heterocycles. The number of esters is 1. The quantitative estimate of drug-likeness (QED) is 0.283. The van der Waals surface area contributed by atoms with E-state index in [0.29, 0.717) is 23.6 Å². The Balaban J connectivity index is 1.83. The van der Waals surface area contributed by atoms with E-state index in [4.69, 9.17) is 21.1 Å². The number of ether oxygens (including phenoxy) is 2. The number of benzene rings is 1. The van der Waals surface area contributed by atoms with Gasteiger partial charge in [-0.3, -0.25) is 14.4 Å². The lowest BCUT2D eigenvalue weighted by Crippen LogP contribution is -2.58. The first-order valence-corrected chi connectivity index (χ1v) is 13.0. The third-order valence-electron chi connectivity index (χ3n) is 8.27. The Morgan fingerprint density at radius 2 is 2.05 bits per heavy atom. The van der Waals surface area contributed by atoms with Gasteiger partial charge >= 0.3 is 5.97 Å². The molecule has 7 atom stereocenters. The predicted octanol–water partition coefficient (Wildman–Crippen LogP) is 3.37. The number of hydrogen-bond donors (Lipinski definition) is 1. The number of carbonyl (C=O) groups excluding carboxylic acids is 3. The molecule has 4 rings (SSSR count). The summed E-state index contributed by atoms with van der Waals surface area (Å²) in [5.74, 6) is -3.23. The van der Waals surface area contributed by atoms with E-state index < -0.39 is 47.0 Å². The minimum absolute atomic E-state index is 0.124. The maximum Gasteiger partial charge on any atom is 0.312 e. The van der Waals surface area contributed by atoms with Crippen LogP contribution in [0.15, 0.2) is 49.6 Å². The first-order valence-electron chi connectivity index (χ1n) is 12.7. The van der Waals surface area contributed by atoms with Crippen molar-refractivity contribution in [3.05, 3.63) is 54.6 Å². The number of aliphatic hydroxyl groups is 1. The van der Waals surface area contributed by atoms with Crippen molar-refractivity contribution in [3.8, 4) is 0 Å². The highest BCUT2D eigenvalue weighted by atomic mass is 35.5. The fourth-order valence-electron chi connectivity index (χ4n) is 6.46. The molecule has 2 amide bonds. The Bertz CT molecular complexity index is 1110. The van der Waals surface area contributed by atoms with E-state index in [1.807, 2.05) is 13.8 Å². The molecule has 2 bridgehead atoms. The maximum absolute atomic E-state index is 14.4. The lowest BCUT2D eigenvalue weighted by atomic mass is 9.62. The van der Waals surface area contributed by atoms with Crippen molar-refractivity contribution in [1.29, 1.82) is 0 Å². The van der Waals surface area contributed by atoms with Crippen LogP contribution in [-0.4, -0.2) is 70.8 Å². The van der Waals surface area contributed by atoms with E-state index in [9.17, 15) is 19.5 Å². The van der Waals surface area contributed by atoms with Crippen LogP contribution in [0.2, 0.25) is 5.02 Å². The van der Waals surface area contributed by atoms with E-state index in [1.54, 1.807) is 43.3 Å². The van der Waals surface area contributed by atoms with Gasteiger partial charge in [0.1, 0.15) is 17.6 Å². The van der Waals surface area contributed by atoms with Gasteiger partial charge in [0, 0.05) is 6.54 Å². The van der Waals surface area contributed by atoms with E-state index in [0.717, 1.165) is 0 Å². The highest BCUT2D eigenvalue weighted by Gasteiger charge is 2.80. The van der Waals surface area contributed by atoms with Crippen molar-refractivity contribution in [2.45, 2.75) is 56.9 Å². The van der Waals surface area contributed by atoms with Crippen LogP contribution in [0.25, 0.3) is 0 Å². The standard InChI is InChI=1S/C28H35ClN2O6/c1-6-8-14-36-26(35)22-21-24(33)31(18(4)16-32)23(28(21)15-17(3)27(22,5)37-28)25(34)30(13-7-2)20-12-10-9-11-19(20)29/h6-7,9-12,17-18,21-23,32H,1-2,8,13-16H2,3-5H3/t17?,18-,21+,22+,23?,27-,28?/m1/s1. The van der Waals surface area contributed by atoms with Crippen LogP contribution in [0.3, 0.4) is 0 Å². The lowest BCUT2D eigenvalue weighted by Gasteiger charge is -2.38. The fourth-order valence-corrected chi connectivity index (χ4v) is 6.70. The summed E-state index contributed by atoms with van der Waals surface area (Å²) in [5, 5.41) is 10.4. The molecule has 37 heavy (non-hydrogen) atoms. The van der Waals surface area contributed by atoms with Gasteiger partial charge in [0.2, 0.25) is 5.91 Å². The summed E-state index contributed by atoms with van der Waals surface area (Å²) in [5.41, 5.74) is -1.76. The van der Waals surface area contributed by atoms with E-state index in [2.05, 4.69) is 13.2 Å². The predicted molar refractivity (Wildman–Crippen MR) is 140 cm³/mol. The summed E-state index contributed by atoms with van der Waals surface area (Å²) in [6.07, 6.45) is 4.13. The van der Waals surface area contributed by atoms with Gasteiger partial charge in [0.05, 0.1) is 41.5 Å². The molecule has 1 aromatic rings. The number of anilines is 1. The molecule has 3 unspecified atom stereocenters. The normalized spacial score (nSPS) is 32.7. The van der Waals surface area contributed by atoms with Crippen molar-refractivity contribution in [2.24, 2.45) is 17.8 Å². The second kappa shape index (κ2) is 10.2. The molecule has 200 valence electrons. The average molecular weight is 531 g/mol. The van der Waals surface area contributed by atoms with Gasteiger partial charge in [-0.2, -0.15) is 0 Å². The zero-order valence-corrected chi connectivity index (χ0v) is 22.3. The Labute approximate surface area is 222 Å². The van der Waals surface area contributed by atoms with E-state index >= 15 is 0 Å². The van der Waals surface area contributed by atoms with Crippen LogP contribution in [0.5, 0.6) is 0 Å². The summed E-state index contributed by atoms with van der Waals surface area (Å²) in [6, 6.07) is 5.20. The molecule has 9 heteroatoms. The van der Waals surface area contributed by atoms with Crippen molar-refractivity contribution in [1.82, 2.24) is 4.90 Å². The topological polar surface area (TPSA) is 96.4 Å². The highest BCUT2D eigenvalue weighted by Crippen LogP contribution is 2.65. The number of fused-ring (bicyclic) bond motifs is 1. The molecule has 3 aliphatic heterocycles. The van der Waals surface area contributed by atoms with Gasteiger partial charge in [-0.05, 0) is 44.7 Å². The summed E-state index contributed by atoms with van der Waals surface area (Å²) < 4.78 is 12.2. The van der Waals surface area contributed by atoms with Crippen LogP contribution in [-0.2, 0) is 23.9 Å². The van der Waals surface area contributed by atoms with Crippen LogP contribution >= 0.6 is 11.6 Å². The minimum Gasteiger partial charge on any atom is -0.465 e. The average Bonchev–Trinajstić information content (AvgIpc) is 3.39. The number of rotatable bonds is 10. The van der Waals surface area contributed by atoms with Crippen LogP contribution in [0.4, 0.5) is 5.69 Å². The Kier molecular flexibility index (Phi) is 7.57. The molecule has 0 aliphatic carbocycles. The maximum atomic E-state index is 14.4. The van der Waals surface area contributed by atoms with Crippen molar-refractivity contribution in [2.75, 3.05) is 24.7 Å². The van der Waals surface area contributed by atoms with Gasteiger partial charge < -0.3 is 24.4 Å². The van der Waals surface area contributed by atoms with E-state index in [1.165, 1.54) is 9.80 Å². The van der Waals surface area contributed by atoms with Gasteiger partial charge in [-0.1, -0.05) is 42.8 Å². The minimum atomic E-state index is -1.26. The van der Waals surface area contributed by atoms with Crippen molar-refractivity contribution < 1.29 is 29.0 Å². The number of aliphatic hydroxyl groups excluding tert-OH is 1. The van der Waals surface area contributed by atoms with Crippen molar-refractivity contribution in [3.63, 3.8) is 0 Å². The van der Waals surface area contributed by atoms with Crippen LogP contribution < -0.4 is 4.90 Å². The lowest BCUT2D eigenvalue weighted by molar-refractivity contribution is -0.162. The van der Waals surface area contributed by atoms with Gasteiger partial charge in [0.25, 0.3) is 5.91 Å². The summed E-state index contributed by atoms with van der Waals surface area (Å²) in [6.45, 7) is 12.9. The molecular weight excluding hydrogens is 496 g/mol. The number of para-hydroxylation sites is 1. The molecule has 1 N–H and O–H groups in total. The number of amides is 2. The third kappa shape index (κ3) is 4.10. The Hall–Kier alpha value is -2.68. The number of carbonyl (C=O) groups is 3. The Morgan fingerprint density at radius 3 is 2.68 bits per heavy atom. The second-order valence-corrected chi connectivity index (χ2v) is 10.8. The SMILES string of the molecule is C=CCCOC(=O)[C@@H]1[C@H]2C(=O)N([C@H](C)CO)C(C(=O)N(CC=C)c3ccccc3Cl)C23CC(C)[C@@]1(C)O3. The summed E-state index contributed by atoms with van der Waals surface area (Å²) >= 11 is 6.47. The Morgan fingerprint density at radius 1 is 1.35 bits per heavy atom. The first kappa shape index (κ1) is 27.4. The molecule has 0 radical (unpaired) electrons. The fraction of sp³-hybridized carbons (Fsp3) is 0.536. The number of halogens is 1. The molecule has 0 aromatic heterocycles. The largest absolute Gasteiger partial charge is 0.465 e. The van der Waals surface area contributed by atoms with Gasteiger partial charge in [-0.25, -0.2) is 0 Å².